The van der Waals surface area contributed by atoms with E-state index < -0.39 is 12.1 Å². The highest BCUT2D eigenvalue weighted by atomic mass is 16.5. The number of carbonyl (C=O) groups excluding carboxylic acids is 2. The van der Waals surface area contributed by atoms with Crippen molar-refractivity contribution in [3.63, 3.8) is 0 Å². The van der Waals surface area contributed by atoms with E-state index in [9.17, 15) is 9.59 Å². The molecule has 0 aliphatic carbocycles. The molecule has 39 heavy (non-hydrogen) atoms. The molecule has 0 saturated heterocycles. The molecule has 2 aromatic rings. The minimum absolute atomic E-state index is 0.519. The molecule has 0 unspecified atom stereocenters. The Kier molecular flexibility index (Phi) is 14.5. The summed E-state index contributed by atoms with van der Waals surface area (Å²) in [6.45, 7) is 5.65. The van der Waals surface area contributed by atoms with Crippen LogP contribution in [0, 0.1) is 0 Å². The molecule has 212 valence electrons. The molecular weight excluding hydrogens is 496 g/mol. The van der Waals surface area contributed by atoms with Crippen molar-refractivity contribution in [3.05, 3.63) is 59.7 Å². The third-order valence-electron chi connectivity index (χ3n) is 5.84. The van der Waals surface area contributed by atoms with E-state index in [-0.39, 0.29) is 0 Å². The van der Waals surface area contributed by atoms with Crippen molar-refractivity contribution in [2.45, 2.75) is 71.6 Å². The van der Waals surface area contributed by atoms with Gasteiger partial charge in [0, 0.05) is 0 Å². The summed E-state index contributed by atoms with van der Waals surface area (Å²) < 4.78 is 11.6. The number of carbonyl (C=O) groups is 2. The van der Waals surface area contributed by atoms with Gasteiger partial charge >= 0.3 is 12.1 Å². The van der Waals surface area contributed by atoms with Gasteiger partial charge in [-0.1, -0.05) is 39.5 Å². The number of unbranched alkanes of at least 4 members (excludes halogenated alkanes) is 4. The van der Waals surface area contributed by atoms with Crippen LogP contribution in [0.4, 0.5) is 9.59 Å². The van der Waals surface area contributed by atoms with Gasteiger partial charge in [-0.3, -0.25) is 0 Å². The maximum atomic E-state index is 11.3. The average Bonchev–Trinajstić information content (AvgIpc) is 2.93. The van der Waals surface area contributed by atoms with Gasteiger partial charge in [0.05, 0.1) is 24.6 Å². The standard InChI is InChI=1S/C29H42N6O4/c1-3-5-7-20-38-24-16-12-22(13-17-24)26(32-34-28(30)36)10-9-11-27(33-35-29(31)37)23-14-18-25(19-15-23)39-21-8-6-4-2/h12-19H,3-11,20-21H2,1-2H3,(H3,30,34,36)(H3,31,35,37)/b32-26+,33-27+. The largest absolute Gasteiger partial charge is 0.494 e. The number of primary amides is 2. The Hall–Kier alpha value is -4.08. The Labute approximate surface area is 231 Å². The summed E-state index contributed by atoms with van der Waals surface area (Å²) >= 11 is 0. The fourth-order valence-electron chi connectivity index (χ4n) is 3.77. The highest BCUT2D eigenvalue weighted by Gasteiger charge is 2.10. The number of nitrogens with two attached hydrogens (primary N) is 2. The predicted molar refractivity (Wildman–Crippen MR) is 155 cm³/mol. The Morgan fingerprint density at radius 2 is 1.03 bits per heavy atom. The average molecular weight is 539 g/mol. The number of nitrogens with one attached hydrogen (secondary N) is 2. The van der Waals surface area contributed by atoms with Crippen LogP contribution in [0.15, 0.2) is 58.7 Å². The van der Waals surface area contributed by atoms with Crippen molar-refractivity contribution >= 4 is 23.5 Å². The zero-order valence-corrected chi connectivity index (χ0v) is 23.1. The molecule has 10 nitrogen and oxygen atoms in total. The lowest BCUT2D eigenvalue weighted by Crippen LogP contribution is -2.26. The van der Waals surface area contributed by atoms with Crippen molar-refractivity contribution in [1.29, 1.82) is 0 Å². The maximum Gasteiger partial charge on any atom is 0.332 e. The summed E-state index contributed by atoms with van der Waals surface area (Å²) in [5.41, 5.74) is 18.1. The molecule has 0 aromatic heterocycles. The van der Waals surface area contributed by atoms with Crippen LogP contribution in [-0.4, -0.2) is 36.7 Å². The second-order valence-electron chi connectivity index (χ2n) is 9.08. The first-order valence-corrected chi connectivity index (χ1v) is 13.6. The number of nitrogens with zero attached hydrogens (tertiary/aromatic N) is 2. The molecule has 0 aliphatic rings. The fourth-order valence-corrected chi connectivity index (χ4v) is 3.77. The van der Waals surface area contributed by atoms with E-state index in [4.69, 9.17) is 20.9 Å². The third kappa shape index (κ3) is 12.8. The van der Waals surface area contributed by atoms with Gasteiger partial charge < -0.3 is 20.9 Å². The molecule has 0 saturated carbocycles. The van der Waals surface area contributed by atoms with Crippen LogP contribution in [-0.2, 0) is 0 Å². The highest BCUT2D eigenvalue weighted by Crippen LogP contribution is 2.18. The van der Waals surface area contributed by atoms with Gasteiger partial charge in [0.15, 0.2) is 0 Å². The van der Waals surface area contributed by atoms with Crippen molar-refractivity contribution in [2.75, 3.05) is 13.2 Å². The van der Waals surface area contributed by atoms with E-state index in [1.54, 1.807) is 0 Å². The van der Waals surface area contributed by atoms with Gasteiger partial charge in [0.2, 0.25) is 0 Å². The molecule has 10 heteroatoms. The molecule has 2 rings (SSSR count). The zero-order chi connectivity index (χ0) is 28.3. The molecule has 0 heterocycles. The smallest absolute Gasteiger partial charge is 0.332 e. The predicted octanol–water partition coefficient (Wildman–Crippen LogP) is 5.44. The summed E-state index contributed by atoms with van der Waals surface area (Å²) in [6.07, 6.45) is 8.22. The monoisotopic (exact) mass is 538 g/mol. The summed E-state index contributed by atoms with van der Waals surface area (Å²) in [4.78, 5) is 22.6. The summed E-state index contributed by atoms with van der Waals surface area (Å²) in [5, 5.41) is 8.42. The number of hydrogen-bond acceptors (Lipinski definition) is 6. The number of hydrazone groups is 2. The van der Waals surface area contributed by atoms with Crippen molar-refractivity contribution < 1.29 is 19.1 Å². The van der Waals surface area contributed by atoms with Crippen LogP contribution in [0.3, 0.4) is 0 Å². The minimum atomic E-state index is -0.742. The first-order chi connectivity index (χ1) is 18.9. The van der Waals surface area contributed by atoms with Crippen LogP contribution < -0.4 is 31.8 Å². The summed E-state index contributed by atoms with van der Waals surface area (Å²) in [5.74, 6) is 1.56. The Morgan fingerprint density at radius 1 is 0.641 bits per heavy atom. The molecule has 2 aromatic carbocycles. The van der Waals surface area contributed by atoms with Crippen molar-refractivity contribution in [3.8, 4) is 11.5 Å². The van der Waals surface area contributed by atoms with E-state index in [1.165, 1.54) is 0 Å². The second kappa shape index (κ2) is 18.2. The zero-order valence-electron chi connectivity index (χ0n) is 23.1. The highest BCUT2D eigenvalue weighted by molar-refractivity contribution is 6.03. The minimum Gasteiger partial charge on any atom is -0.494 e. The number of amides is 4. The molecule has 6 N–H and O–H groups in total. The number of benzene rings is 2. The lowest BCUT2D eigenvalue weighted by Gasteiger charge is -2.11. The van der Waals surface area contributed by atoms with Gasteiger partial charge in [-0.05, 0) is 91.8 Å². The fraction of sp³-hybridized carbons (Fsp3) is 0.448. The second-order valence-corrected chi connectivity index (χ2v) is 9.08. The van der Waals surface area contributed by atoms with E-state index >= 15 is 0 Å². The van der Waals surface area contributed by atoms with Crippen LogP contribution in [0.2, 0.25) is 0 Å². The Balaban J connectivity index is 2.06. The SMILES string of the molecule is CCCCCOc1ccc(/C(CCC/C(=N\NC(N)=O)c2ccc(OCCCCC)cc2)=N/NC(N)=O)cc1. The summed E-state index contributed by atoms with van der Waals surface area (Å²) in [6, 6.07) is 13.7. The molecule has 0 radical (unpaired) electrons. The molecule has 0 fully saturated rings. The number of urea groups is 2. The van der Waals surface area contributed by atoms with Crippen LogP contribution in [0.25, 0.3) is 0 Å². The molecule has 0 aliphatic heterocycles. The van der Waals surface area contributed by atoms with Crippen LogP contribution in [0.1, 0.15) is 82.8 Å². The maximum absolute atomic E-state index is 11.3. The van der Waals surface area contributed by atoms with Gasteiger partial charge in [0.25, 0.3) is 0 Å². The Morgan fingerprint density at radius 3 is 1.36 bits per heavy atom. The molecule has 0 atom stereocenters. The number of hydrogen-bond donors (Lipinski definition) is 4. The van der Waals surface area contributed by atoms with Gasteiger partial charge in [-0.2, -0.15) is 10.2 Å². The lowest BCUT2D eigenvalue weighted by atomic mass is 10.0. The summed E-state index contributed by atoms with van der Waals surface area (Å²) in [7, 11) is 0. The van der Waals surface area contributed by atoms with Gasteiger partial charge in [0.1, 0.15) is 11.5 Å². The number of ether oxygens (including phenoxy) is 2. The number of rotatable bonds is 18. The first kappa shape index (κ1) is 31.1. The van der Waals surface area contributed by atoms with Gasteiger partial charge in [-0.25, -0.2) is 20.4 Å². The third-order valence-corrected chi connectivity index (χ3v) is 5.84. The topological polar surface area (TPSA) is 153 Å². The molecule has 0 spiro atoms. The lowest BCUT2D eigenvalue weighted by molar-refractivity contribution is 0.248. The van der Waals surface area contributed by atoms with Crippen LogP contribution in [0.5, 0.6) is 11.5 Å². The van der Waals surface area contributed by atoms with Crippen LogP contribution >= 0.6 is 0 Å². The van der Waals surface area contributed by atoms with E-state index in [0.29, 0.717) is 43.9 Å². The van der Waals surface area contributed by atoms with Crippen molar-refractivity contribution in [2.24, 2.45) is 21.7 Å². The normalized spacial score (nSPS) is 11.6. The van der Waals surface area contributed by atoms with E-state index in [2.05, 4.69) is 34.9 Å². The van der Waals surface area contributed by atoms with E-state index in [0.717, 1.165) is 61.2 Å². The molecule has 0 bridgehead atoms. The first-order valence-electron chi connectivity index (χ1n) is 13.6. The Bertz CT molecular complexity index is 983. The molecule has 4 amide bonds. The van der Waals surface area contributed by atoms with E-state index in [1.807, 2.05) is 48.5 Å². The molecular formula is C29H42N6O4. The quantitative estimate of drug-likeness (QED) is 0.113. The van der Waals surface area contributed by atoms with Gasteiger partial charge in [-0.15, -0.1) is 0 Å². The van der Waals surface area contributed by atoms with Crippen molar-refractivity contribution in [1.82, 2.24) is 10.9 Å².